The van der Waals surface area contributed by atoms with Crippen LogP contribution in [-0.4, -0.2) is 29.6 Å². The zero-order chi connectivity index (χ0) is 19.6. The Morgan fingerprint density at radius 3 is 2.41 bits per heavy atom. The number of nitrogens with one attached hydrogen (secondary N) is 1. The van der Waals surface area contributed by atoms with Crippen molar-refractivity contribution in [3.05, 3.63) is 46.4 Å². The summed E-state index contributed by atoms with van der Waals surface area (Å²) in [6.07, 6.45) is 0.895. The second-order valence-electron chi connectivity index (χ2n) is 6.10. The van der Waals surface area contributed by atoms with Crippen LogP contribution in [0.2, 0.25) is 10.0 Å². The third-order valence-corrected chi connectivity index (χ3v) is 4.65. The molecule has 8 heteroatoms. The van der Waals surface area contributed by atoms with Gasteiger partial charge in [-0.1, -0.05) is 30.1 Å². The number of carbonyl (C=O) groups excluding carboxylic acids is 2. The van der Waals surface area contributed by atoms with Crippen LogP contribution in [0.1, 0.15) is 19.8 Å². The van der Waals surface area contributed by atoms with Gasteiger partial charge in [0.25, 0.3) is 5.91 Å². The van der Waals surface area contributed by atoms with Gasteiger partial charge in [0.2, 0.25) is 5.91 Å². The Morgan fingerprint density at radius 2 is 1.81 bits per heavy atom. The molecule has 1 aliphatic rings. The summed E-state index contributed by atoms with van der Waals surface area (Å²) in [5.74, 6) is -0.231. The summed E-state index contributed by atoms with van der Waals surface area (Å²) in [5.41, 5.74) is 0.930. The summed E-state index contributed by atoms with van der Waals surface area (Å²) in [4.78, 5) is 26.2. The van der Waals surface area contributed by atoms with Crippen LogP contribution in [0.5, 0.6) is 11.5 Å². The number of amides is 2. The van der Waals surface area contributed by atoms with E-state index < -0.39 is 6.04 Å². The van der Waals surface area contributed by atoms with Gasteiger partial charge in [-0.3, -0.25) is 9.59 Å². The SMILES string of the molecule is CCCOc1ccc(N2C(=O)C[C@H](Nc3cc(Cl)c(O)c(Cl)c3)C2=O)cc1. The number of phenolic OH excluding ortho intramolecular Hbond substituents is 1. The normalized spacial score (nSPS) is 16.7. The van der Waals surface area contributed by atoms with Crippen molar-refractivity contribution in [3.8, 4) is 11.5 Å². The predicted molar refractivity (Wildman–Crippen MR) is 105 cm³/mol. The van der Waals surface area contributed by atoms with Gasteiger partial charge >= 0.3 is 0 Å². The van der Waals surface area contributed by atoms with E-state index in [1.54, 1.807) is 24.3 Å². The van der Waals surface area contributed by atoms with E-state index in [0.29, 0.717) is 23.7 Å². The number of benzene rings is 2. The molecular weight excluding hydrogens is 391 g/mol. The van der Waals surface area contributed by atoms with Crippen molar-refractivity contribution in [1.29, 1.82) is 0 Å². The van der Waals surface area contributed by atoms with Gasteiger partial charge in [-0.25, -0.2) is 4.90 Å². The fourth-order valence-electron chi connectivity index (χ4n) is 2.78. The van der Waals surface area contributed by atoms with Gasteiger partial charge < -0.3 is 15.2 Å². The highest BCUT2D eigenvalue weighted by atomic mass is 35.5. The second kappa shape index (κ2) is 8.06. The minimum atomic E-state index is -0.745. The predicted octanol–water partition coefficient (Wildman–Crippen LogP) is 4.23. The number of ether oxygens (including phenoxy) is 1. The van der Waals surface area contributed by atoms with E-state index in [1.807, 2.05) is 6.92 Å². The third-order valence-electron chi connectivity index (χ3n) is 4.07. The standard InChI is InChI=1S/C19H18Cl2N2O4/c1-2-7-27-13-5-3-12(4-6-13)23-17(24)10-16(19(23)26)22-11-8-14(20)18(25)15(21)9-11/h3-6,8-9,16,22,25H,2,7,10H2,1H3/t16-/m0/s1. The lowest BCUT2D eigenvalue weighted by atomic mass is 10.2. The number of phenols is 1. The molecule has 1 fully saturated rings. The van der Waals surface area contributed by atoms with Crippen molar-refractivity contribution in [2.75, 3.05) is 16.8 Å². The van der Waals surface area contributed by atoms with Gasteiger partial charge in [-0.15, -0.1) is 0 Å². The molecule has 6 nitrogen and oxygen atoms in total. The molecule has 0 unspecified atom stereocenters. The number of nitrogens with zero attached hydrogens (tertiary/aromatic N) is 1. The first-order valence-electron chi connectivity index (χ1n) is 8.45. The van der Waals surface area contributed by atoms with Gasteiger partial charge in [0.15, 0.2) is 5.75 Å². The maximum absolute atomic E-state index is 12.7. The van der Waals surface area contributed by atoms with Crippen molar-refractivity contribution in [3.63, 3.8) is 0 Å². The quantitative estimate of drug-likeness (QED) is 0.552. The molecule has 2 aromatic rings. The summed E-state index contributed by atoms with van der Waals surface area (Å²) >= 11 is 11.8. The lowest BCUT2D eigenvalue weighted by Gasteiger charge is -2.17. The van der Waals surface area contributed by atoms with Crippen molar-refractivity contribution in [2.45, 2.75) is 25.8 Å². The molecule has 1 saturated heterocycles. The van der Waals surface area contributed by atoms with E-state index in [2.05, 4.69) is 5.32 Å². The maximum atomic E-state index is 12.7. The summed E-state index contributed by atoms with van der Waals surface area (Å²) in [6, 6.07) is 8.96. The number of imide groups is 1. The number of carbonyl (C=O) groups is 2. The first-order valence-corrected chi connectivity index (χ1v) is 9.20. The fraction of sp³-hybridized carbons (Fsp3) is 0.263. The Morgan fingerprint density at radius 1 is 1.19 bits per heavy atom. The molecule has 0 aromatic heterocycles. The van der Waals surface area contributed by atoms with Gasteiger partial charge in [0.05, 0.1) is 28.8 Å². The number of hydrogen-bond donors (Lipinski definition) is 2. The van der Waals surface area contributed by atoms with E-state index in [-0.39, 0.29) is 34.0 Å². The van der Waals surface area contributed by atoms with Crippen LogP contribution in [0.25, 0.3) is 0 Å². The Balaban J connectivity index is 1.75. The molecule has 0 radical (unpaired) electrons. The lowest BCUT2D eigenvalue weighted by Crippen LogP contribution is -2.34. The summed E-state index contributed by atoms with van der Waals surface area (Å²) in [5, 5.41) is 12.7. The molecule has 2 N–H and O–H groups in total. The van der Waals surface area contributed by atoms with E-state index in [9.17, 15) is 14.7 Å². The number of anilines is 2. The molecule has 0 saturated carbocycles. The van der Waals surface area contributed by atoms with Crippen molar-refractivity contribution in [1.82, 2.24) is 0 Å². The highest BCUT2D eigenvalue weighted by Crippen LogP contribution is 2.35. The zero-order valence-electron chi connectivity index (χ0n) is 14.5. The number of hydrogen-bond acceptors (Lipinski definition) is 5. The van der Waals surface area contributed by atoms with Crippen LogP contribution in [-0.2, 0) is 9.59 Å². The molecule has 1 atom stereocenters. The number of rotatable bonds is 6. The van der Waals surface area contributed by atoms with Gasteiger partial charge in [0.1, 0.15) is 11.8 Å². The summed E-state index contributed by atoms with van der Waals surface area (Å²) < 4.78 is 5.51. The molecule has 0 bridgehead atoms. The van der Waals surface area contributed by atoms with E-state index >= 15 is 0 Å². The molecular formula is C19H18Cl2N2O4. The topological polar surface area (TPSA) is 78.9 Å². The molecule has 142 valence electrons. The molecule has 2 aromatic carbocycles. The van der Waals surface area contributed by atoms with E-state index in [1.165, 1.54) is 12.1 Å². The molecule has 1 heterocycles. The van der Waals surface area contributed by atoms with Crippen molar-refractivity contribution >= 4 is 46.4 Å². The van der Waals surface area contributed by atoms with Gasteiger partial charge in [-0.05, 0) is 42.8 Å². The average Bonchev–Trinajstić information content (AvgIpc) is 2.92. The second-order valence-corrected chi connectivity index (χ2v) is 6.91. The van der Waals surface area contributed by atoms with Gasteiger partial charge in [-0.2, -0.15) is 0 Å². The largest absolute Gasteiger partial charge is 0.505 e. The molecule has 3 rings (SSSR count). The van der Waals surface area contributed by atoms with Crippen LogP contribution in [0.3, 0.4) is 0 Å². The fourth-order valence-corrected chi connectivity index (χ4v) is 3.26. The van der Waals surface area contributed by atoms with Crippen molar-refractivity contribution in [2.24, 2.45) is 0 Å². The lowest BCUT2D eigenvalue weighted by molar-refractivity contribution is -0.121. The van der Waals surface area contributed by atoms with Crippen molar-refractivity contribution < 1.29 is 19.4 Å². The zero-order valence-corrected chi connectivity index (χ0v) is 16.0. The first-order chi connectivity index (χ1) is 12.9. The maximum Gasteiger partial charge on any atom is 0.256 e. The van der Waals surface area contributed by atoms with Crippen LogP contribution in [0, 0.1) is 0 Å². The Kier molecular flexibility index (Phi) is 5.77. The molecule has 0 aliphatic carbocycles. The minimum absolute atomic E-state index is 0.00301. The molecule has 27 heavy (non-hydrogen) atoms. The first kappa shape index (κ1) is 19.3. The summed E-state index contributed by atoms with van der Waals surface area (Å²) in [7, 11) is 0. The molecule has 0 spiro atoms. The highest BCUT2D eigenvalue weighted by Gasteiger charge is 2.39. The van der Waals surface area contributed by atoms with Crippen LogP contribution < -0.4 is 15.0 Å². The van der Waals surface area contributed by atoms with Crippen LogP contribution >= 0.6 is 23.2 Å². The van der Waals surface area contributed by atoms with Crippen LogP contribution in [0.15, 0.2) is 36.4 Å². The molecule has 2 amide bonds. The minimum Gasteiger partial charge on any atom is -0.505 e. The molecule has 1 aliphatic heterocycles. The monoisotopic (exact) mass is 408 g/mol. The van der Waals surface area contributed by atoms with Crippen LogP contribution in [0.4, 0.5) is 11.4 Å². The highest BCUT2D eigenvalue weighted by molar-refractivity contribution is 6.37. The van der Waals surface area contributed by atoms with E-state index in [0.717, 1.165) is 11.3 Å². The number of aromatic hydroxyl groups is 1. The number of halogens is 2. The average molecular weight is 409 g/mol. The smallest absolute Gasteiger partial charge is 0.256 e. The Labute approximate surface area is 166 Å². The Hall–Kier alpha value is -2.44. The Bertz CT molecular complexity index is 848. The van der Waals surface area contributed by atoms with E-state index in [4.69, 9.17) is 27.9 Å². The third kappa shape index (κ3) is 4.12. The van der Waals surface area contributed by atoms with Gasteiger partial charge in [0, 0.05) is 5.69 Å². The summed E-state index contributed by atoms with van der Waals surface area (Å²) in [6.45, 7) is 2.61.